The van der Waals surface area contributed by atoms with Gasteiger partial charge >= 0.3 is 0 Å². The molecule has 1 amide bonds. The molecule has 1 saturated heterocycles. The first-order valence-electron chi connectivity index (χ1n) is 6.38. The average Bonchev–Trinajstić information content (AvgIpc) is 2.87. The van der Waals surface area contributed by atoms with Gasteiger partial charge in [0.15, 0.2) is 0 Å². The highest BCUT2D eigenvalue weighted by Crippen LogP contribution is 2.21. The first kappa shape index (κ1) is 13.5. The minimum absolute atomic E-state index is 0.129. The summed E-state index contributed by atoms with van der Waals surface area (Å²) in [7, 11) is 0. The van der Waals surface area contributed by atoms with Gasteiger partial charge in [0.1, 0.15) is 11.8 Å². The number of amides is 1. The lowest BCUT2D eigenvalue weighted by atomic mass is 10.0. The van der Waals surface area contributed by atoms with Gasteiger partial charge in [-0.2, -0.15) is 5.26 Å². The highest BCUT2D eigenvalue weighted by atomic mass is 16.3. The number of aliphatic hydroxyl groups is 1. The molecule has 2 rings (SSSR count). The Bertz CT molecular complexity index is 534. The quantitative estimate of drug-likeness (QED) is 0.863. The molecule has 1 N–H and O–H groups in total. The number of carbonyl (C=O) groups excluding carboxylic acids is 1. The van der Waals surface area contributed by atoms with Crippen LogP contribution in [0.4, 0.5) is 0 Å². The van der Waals surface area contributed by atoms with E-state index in [4.69, 9.17) is 5.26 Å². The summed E-state index contributed by atoms with van der Waals surface area (Å²) in [5.74, 6) is 0.0131. The van der Waals surface area contributed by atoms with Crippen LogP contribution in [-0.2, 0) is 0 Å². The number of hydrogen-bond acceptors (Lipinski definition) is 4. The van der Waals surface area contributed by atoms with E-state index in [9.17, 15) is 9.90 Å². The third-order valence-electron chi connectivity index (χ3n) is 3.62. The topological polar surface area (TPSA) is 77.2 Å². The molecule has 0 radical (unpaired) electrons. The van der Waals surface area contributed by atoms with E-state index in [-0.39, 0.29) is 11.8 Å². The lowest BCUT2D eigenvalue weighted by molar-refractivity contribution is 0.0756. The Labute approximate surface area is 112 Å². The Morgan fingerprint density at radius 2 is 2.37 bits per heavy atom. The Morgan fingerprint density at radius 3 is 2.89 bits per heavy atom. The van der Waals surface area contributed by atoms with Gasteiger partial charge in [0.2, 0.25) is 0 Å². The number of carbonyl (C=O) groups is 1. The third-order valence-corrected chi connectivity index (χ3v) is 3.62. The zero-order valence-electron chi connectivity index (χ0n) is 11.1. The molecule has 2 unspecified atom stereocenters. The molecule has 1 aromatic rings. The van der Waals surface area contributed by atoms with Gasteiger partial charge in [0.05, 0.1) is 17.4 Å². The average molecular weight is 259 g/mol. The standard InChI is InChI=1S/C14H17N3O2/c1-9-11(7-15)3-4-13(16-9)14(19)17-6-5-12(8-17)10(2)18/h3-4,10,12,18H,5-6,8H2,1-2H3. The number of nitrogens with zero attached hydrogens (tertiary/aromatic N) is 3. The Morgan fingerprint density at radius 1 is 1.63 bits per heavy atom. The monoisotopic (exact) mass is 259 g/mol. The van der Waals surface area contributed by atoms with Crippen molar-refractivity contribution in [1.82, 2.24) is 9.88 Å². The summed E-state index contributed by atoms with van der Waals surface area (Å²) in [4.78, 5) is 18.2. The van der Waals surface area contributed by atoms with Gasteiger partial charge in [0.25, 0.3) is 5.91 Å². The zero-order chi connectivity index (χ0) is 14.0. The van der Waals surface area contributed by atoms with Crippen molar-refractivity contribution < 1.29 is 9.90 Å². The van der Waals surface area contributed by atoms with E-state index in [2.05, 4.69) is 4.98 Å². The second kappa shape index (κ2) is 5.37. The van der Waals surface area contributed by atoms with E-state index < -0.39 is 6.10 Å². The highest BCUT2D eigenvalue weighted by molar-refractivity contribution is 5.92. The fraction of sp³-hybridized carbons (Fsp3) is 0.500. The third kappa shape index (κ3) is 2.74. The molecule has 1 aliphatic rings. The van der Waals surface area contributed by atoms with E-state index in [1.165, 1.54) is 0 Å². The van der Waals surface area contributed by atoms with Crippen molar-refractivity contribution in [1.29, 1.82) is 5.26 Å². The minimum Gasteiger partial charge on any atom is -0.393 e. The number of pyridine rings is 1. The zero-order valence-corrected chi connectivity index (χ0v) is 11.1. The number of rotatable bonds is 2. The number of nitriles is 1. The molecule has 1 aliphatic heterocycles. The van der Waals surface area contributed by atoms with E-state index in [1.54, 1.807) is 30.9 Å². The van der Waals surface area contributed by atoms with Crippen LogP contribution in [0, 0.1) is 24.2 Å². The first-order chi connectivity index (χ1) is 9.02. The normalized spacial score (nSPS) is 20.1. The molecule has 100 valence electrons. The van der Waals surface area contributed by atoms with Gasteiger partial charge in [0, 0.05) is 19.0 Å². The SMILES string of the molecule is Cc1nc(C(=O)N2CCC(C(C)O)C2)ccc1C#N. The summed E-state index contributed by atoms with van der Waals surface area (Å²) in [5.41, 5.74) is 1.42. The number of aromatic nitrogens is 1. The summed E-state index contributed by atoms with van der Waals surface area (Å²) in [6, 6.07) is 5.24. The Kier molecular flexibility index (Phi) is 3.82. The second-order valence-electron chi connectivity index (χ2n) is 4.98. The molecule has 0 aliphatic carbocycles. The largest absolute Gasteiger partial charge is 0.393 e. The molecule has 0 bridgehead atoms. The molecule has 1 fully saturated rings. The van der Waals surface area contributed by atoms with Crippen molar-refractivity contribution in [3.63, 3.8) is 0 Å². The number of hydrogen-bond donors (Lipinski definition) is 1. The molecule has 2 heterocycles. The van der Waals surface area contributed by atoms with Gasteiger partial charge in [-0.1, -0.05) is 0 Å². The molecular formula is C14H17N3O2. The summed E-state index contributed by atoms with van der Waals surface area (Å²) in [6.07, 6.45) is 0.423. The summed E-state index contributed by atoms with van der Waals surface area (Å²) < 4.78 is 0. The van der Waals surface area contributed by atoms with Crippen LogP contribution in [0.25, 0.3) is 0 Å². The molecule has 2 atom stereocenters. The maximum absolute atomic E-state index is 12.3. The van der Waals surface area contributed by atoms with Crippen LogP contribution in [0.15, 0.2) is 12.1 Å². The van der Waals surface area contributed by atoms with Crippen LogP contribution in [0.3, 0.4) is 0 Å². The van der Waals surface area contributed by atoms with Crippen molar-refractivity contribution in [3.8, 4) is 6.07 Å². The van der Waals surface area contributed by atoms with E-state index in [0.717, 1.165) is 6.42 Å². The van der Waals surface area contributed by atoms with Crippen molar-refractivity contribution in [2.75, 3.05) is 13.1 Å². The molecule has 0 aromatic carbocycles. The van der Waals surface area contributed by atoms with Crippen LogP contribution in [0.5, 0.6) is 0 Å². The van der Waals surface area contributed by atoms with Crippen LogP contribution in [0.1, 0.15) is 35.1 Å². The minimum atomic E-state index is -0.395. The molecule has 5 nitrogen and oxygen atoms in total. The van der Waals surface area contributed by atoms with Crippen LogP contribution >= 0.6 is 0 Å². The van der Waals surface area contributed by atoms with Gasteiger partial charge in [-0.05, 0) is 32.4 Å². The summed E-state index contributed by atoms with van der Waals surface area (Å²) in [5, 5.41) is 18.4. The summed E-state index contributed by atoms with van der Waals surface area (Å²) in [6.45, 7) is 4.69. The van der Waals surface area contributed by atoms with Crippen LogP contribution in [0.2, 0.25) is 0 Å². The predicted molar refractivity (Wildman–Crippen MR) is 69.4 cm³/mol. The van der Waals surface area contributed by atoms with Gasteiger partial charge in [-0.15, -0.1) is 0 Å². The summed E-state index contributed by atoms with van der Waals surface area (Å²) >= 11 is 0. The maximum atomic E-state index is 12.3. The Hall–Kier alpha value is -1.93. The second-order valence-corrected chi connectivity index (χ2v) is 4.98. The molecule has 19 heavy (non-hydrogen) atoms. The molecule has 0 saturated carbocycles. The lowest BCUT2D eigenvalue weighted by Crippen LogP contribution is -2.31. The van der Waals surface area contributed by atoms with Crippen molar-refractivity contribution >= 4 is 5.91 Å². The molecule has 5 heteroatoms. The number of likely N-dealkylation sites (tertiary alicyclic amines) is 1. The smallest absolute Gasteiger partial charge is 0.272 e. The van der Waals surface area contributed by atoms with E-state index in [0.29, 0.717) is 30.0 Å². The van der Waals surface area contributed by atoms with E-state index >= 15 is 0 Å². The fourth-order valence-corrected chi connectivity index (χ4v) is 2.33. The first-order valence-corrected chi connectivity index (χ1v) is 6.38. The van der Waals surface area contributed by atoms with Crippen LogP contribution < -0.4 is 0 Å². The predicted octanol–water partition coefficient (Wildman–Crippen LogP) is 1.10. The van der Waals surface area contributed by atoms with Crippen LogP contribution in [-0.4, -0.2) is 40.1 Å². The van der Waals surface area contributed by atoms with Crippen molar-refractivity contribution in [3.05, 3.63) is 29.1 Å². The highest BCUT2D eigenvalue weighted by Gasteiger charge is 2.30. The Balaban J connectivity index is 2.13. The maximum Gasteiger partial charge on any atom is 0.272 e. The van der Waals surface area contributed by atoms with Gasteiger partial charge in [-0.3, -0.25) is 4.79 Å². The number of aliphatic hydroxyl groups excluding tert-OH is 1. The fourth-order valence-electron chi connectivity index (χ4n) is 2.33. The molecule has 0 spiro atoms. The lowest BCUT2D eigenvalue weighted by Gasteiger charge is -2.17. The number of aryl methyl sites for hydroxylation is 1. The molecule has 1 aromatic heterocycles. The van der Waals surface area contributed by atoms with Crippen molar-refractivity contribution in [2.45, 2.75) is 26.4 Å². The van der Waals surface area contributed by atoms with E-state index in [1.807, 2.05) is 6.07 Å². The van der Waals surface area contributed by atoms with Gasteiger partial charge < -0.3 is 10.0 Å². The van der Waals surface area contributed by atoms with Crippen molar-refractivity contribution in [2.24, 2.45) is 5.92 Å². The molecular weight excluding hydrogens is 242 g/mol. The van der Waals surface area contributed by atoms with Gasteiger partial charge in [-0.25, -0.2) is 4.98 Å².